The summed E-state index contributed by atoms with van der Waals surface area (Å²) in [5.74, 6) is -0.645. The predicted octanol–water partition coefficient (Wildman–Crippen LogP) is 1.72. The van der Waals surface area contributed by atoms with Crippen LogP contribution in [0.1, 0.15) is 0 Å². The van der Waals surface area contributed by atoms with Crippen molar-refractivity contribution in [3.63, 3.8) is 0 Å². The van der Waals surface area contributed by atoms with E-state index in [1.54, 1.807) is 26.2 Å². The average Bonchev–Trinajstić information content (AvgIpc) is 2.98. The van der Waals surface area contributed by atoms with E-state index in [1.807, 2.05) is 0 Å². The lowest BCUT2D eigenvalue weighted by Crippen LogP contribution is -2.36. The molecule has 10 heteroatoms. The van der Waals surface area contributed by atoms with E-state index < -0.39 is 0 Å². The molecule has 0 atom stereocenters. The number of nitrogens with zero attached hydrogens (tertiary/aromatic N) is 3. The number of likely N-dealkylation sites (N-methyl/N-ethyl adjacent to an activating group) is 1. The van der Waals surface area contributed by atoms with Crippen molar-refractivity contribution in [1.29, 1.82) is 0 Å². The number of hydrogen-bond acceptors (Lipinski definition) is 7. The molecule has 7 nitrogen and oxygen atoms in total. The monoisotopic (exact) mass is 369 g/mol. The average molecular weight is 369 g/mol. The van der Waals surface area contributed by atoms with Crippen LogP contribution in [0.4, 0.5) is 15.2 Å². The Hall–Kier alpha value is -2.20. The van der Waals surface area contributed by atoms with Crippen LogP contribution in [0.25, 0.3) is 0 Å². The van der Waals surface area contributed by atoms with E-state index in [-0.39, 0.29) is 29.9 Å². The van der Waals surface area contributed by atoms with Gasteiger partial charge in [-0.1, -0.05) is 29.2 Å². The second kappa shape index (κ2) is 8.60. The minimum atomic E-state index is -0.344. The summed E-state index contributed by atoms with van der Waals surface area (Å²) >= 11 is 2.47. The Kier molecular flexibility index (Phi) is 6.50. The molecule has 0 aliphatic carbocycles. The number of carbonyl (C=O) groups excluding carboxylic acids is 2. The van der Waals surface area contributed by atoms with Gasteiger partial charge in [0.05, 0.1) is 12.3 Å². The minimum absolute atomic E-state index is 0.0328. The molecular weight excluding hydrogens is 353 g/mol. The molecule has 0 radical (unpaired) electrons. The summed E-state index contributed by atoms with van der Waals surface area (Å²) in [4.78, 5) is 24.5. The van der Waals surface area contributed by atoms with Gasteiger partial charge in [-0.2, -0.15) is 0 Å². The van der Waals surface area contributed by atoms with Crippen LogP contribution in [-0.4, -0.2) is 53.3 Å². The van der Waals surface area contributed by atoms with Gasteiger partial charge in [-0.3, -0.25) is 9.59 Å². The zero-order valence-electron chi connectivity index (χ0n) is 13.1. The van der Waals surface area contributed by atoms with Gasteiger partial charge in [0.2, 0.25) is 16.9 Å². The summed E-state index contributed by atoms with van der Waals surface area (Å²) in [5, 5.41) is 13.9. The van der Waals surface area contributed by atoms with E-state index in [4.69, 9.17) is 0 Å². The zero-order valence-corrected chi connectivity index (χ0v) is 14.7. The highest BCUT2D eigenvalue weighted by Gasteiger charge is 2.10. The van der Waals surface area contributed by atoms with E-state index >= 15 is 0 Å². The Bertz CT molecular complexity index is 723. The van der Waals surface area contributed by atoms with E-state index in [0.717, 1.165) is 0 Å². The lowest BCUT2D eigenvalue weighted by atomic mass is 10.3. The Balaban J connectivity index is 1.79. The Morgan fingerprint density at radius 3 is 2.83 bits per heavy atom. The SMILES string of the molecule is CN(C)C(=O)CNC(=O)CSc1nnc(Nc2cccc(F)c2)s1. The highest BCUT2D eigenvalue weighted by atomic mass is 32.2. The molecule has 2 amide bonds. The second-order valence-electron chi connectivity index (χ2n) is 4.86. The summed E-state index contributed by atoms with van der Waals surface area (Å²) in [6.45, 7) is -0.0328. The number of nitrogens with one attached hydrogen (secondary N) is 2. The molecule has 0 aliphatic heterocycles. The van der Waals surface area contributed by atoms with Crippen LogP contribution in [0.2, 0.25) is 0 Å². The smallest absolute Gasteiger partial charge is 0.241 e. The van der Waals surface area contributed by atoms with E-state index in [9.17, 15) is 14.0 Å². The van der Waals surface area contributed by atoms with E-state index in [1.165, 1.54) is 40.1 Å². The van der Waals surface area contributed by atoms with Gasteiger partial charge in [-0.05, 0) is 18.2 Å². The molecule has 0 saturated carbocycles. The number of benzene rings is 1. The van der Waals surface area contributed by atoms with Gasteiger partial charge in [0.25, 0.3) is 0 Å². The molecule has 1 aromatic heterocycles. The van der Waals surface area contributed by atoms with E-state index in [2.05, 4.69) is 20.8 Å². The van der Waals surface area contributed by atoms with Crippen LogP contribution in [0.15, 0.2) is 28.6 Å². The molecule has 0 spiro atoms. The predicted molar refractivity (Wildman–Crippen MR) is 92.0 cm³/mol. The van der Waals surface area contributed by atoms with Crippen LogP contribution in [0.5, 0.6) is 0 Å². The minimum Gasteiger partial charge on any atom is -0.347 e. The van der Waals surface area contributed by atoms with Crippen LogP contribution in [0, 0.1) is 5.82 Å². The lowest BCUT2D eigenvalue weighted by Gasteiger charge is -2.10. The first-order valence-electron chi connectivity index (χ1n) is 6.90. The molecule has 2 aromatic rings. The third-order valence-corrected chi connectivity index (χ3v) is 4.72. The van der Waals surface area contributed by atoms with Gasteiger partial charge < -0.3 is 15.5 Å². The van der Waals surface area contributed by atoms with Crippen LogP contribution < -0.4 is 10.6 Å². The molecule has 0 unspecified atom stereocenters. The number of carbonyl (C=O) groups is 2. The molecule has 2 N–H and O–H groups in total. The third kappa shape index (κ3) is 5.78. The van der Waals surface area contributed by atoms with Crippen molar-refractivity contribution in [2.45, 2.75) is 4.34 Å². The van der Waals surface area contributed by atoms with Gasteiger partial charge in [-0.25, -0.2) is 4.39 Å². The second-order valence-corrected chi connectivity index (χ2v) is 7.06. The maximum absolute atomic E-state index is 13.1. The Morgan fingerprint density at radius 1 is 1.33 bits per heavy atom. The van der Waals surface area contributed by atoms with Crippen molar-refractivity contribution >= 4 is 45.7 Å². The van der Waals surface area contributed by atoms with Crippen molar-refractivity contribution in [3.8, 4) is 0 Å². The number of thioether (sulfide) groups is 1. The van der Waals surface area contributed by atoms with Gasteiger partial charge in [0.15, 0.2) is 4.34 Å². The van der Waals surface area contributed by atoms with Crippen molar-refractivity contribution < 1.29 is 14.0 Å². The van der Waals surface area contributed by atoms with Crippen molar-refractivity contribution in [3.05, 3.63) is 30.1 Å². The lowest BCUT2D eigenvalue weighted by molar-refractivity contribution is -0.130. The summed E-state index contributed by atoms with van der Waals surface area (Å²) in [6.07, 6.45) is 0. The molecular formula is C14H16FN5O2S2. The molecule has 0 bridgehead atoms. The molecule has 1 aromatic carbocycles. The zero-order chi connectivity index (χ0) is 17.5. The van der Waals surface area contributed by atoms with Crippen LogP contribution >= 0.6 is 23.1 Å². The first-order valence-corrected chi connectivity index (χ1v) is 8.70. The first kappa shape index (κ1) is 18.1. The summed E-state index contributed by atoms with van der Waals surface area (Å²) in [5.41, 5.74) is 0.572. The molecule has 128 valence electrons. The highest BCUT2D eigenvalue weighted by Crippen LogP contribution is 2.27. The molecule has 0 saturated heterocycles. The fourth-order valence-electron chi connectivity index (χ4n) is 1.52. The number of aromatic nitrogens is 2. The standard InChI is InChI=1S/C14H16FN5O2S2/c1-20(2)12(22)7-16-11(21)8-23-14-19-18-13(24-14)17-10-5-3-4-9(15)6-10/h3-6H,7-8H2,1-2H3,(H,16,21)(H,17,18). The molecule has 0 aliphatic rings. The Morgan fingerprint density at radius 2 is 2.12 bits per heavy atom. The molecule has 0 fully saturated rings. The van der Waals surface area contributed by atoms with Crippen LogP contribution in [0.3, 0.4) is 0 Å². The maximum Gasteiger partial charge on any atom is 0.241 e. The molecule has 1 heterocycles. The number of anilines is 2. The molecule has 24 heavy (non-hydrogen) atoms. The van der Waals surface area contributed by atoms with Crippen LogP contribution in [-0.2, 0) is 9.59 Å². The largest absolute Gasteiger partial charge is 0.347 e. The highest BCUT2D eigenvalue weighted by molar-refractivity contribution is 8.01. The summed E-state index contributed by atoms with van der Waals surface area (Å²) < 4.78 is 13.7. The van der Waals surface area contributed by atoms with Gasteiger partial charge >= 0.3 is 0 Å². The number of rotatable bonds is 7. The first-order chi connectivity index (χ1) is 11.4. The van der Waals surface area contributed by atoms with E-state index in [0.29, 0.717) is 15.2 Å². The van der Waals surface area contributed by atoms with Crippen molar-refractivity contribution in [2.75, 3.05) is 31.7 Å². The van der Waals surface area contributed by atoms with Gasteiger partial charge in [0.1, 0.15) is 5.82 Å². The maximum atomic E-state index is 13.1. The number of halogens is 1. The molecule has 2 rings (SSSR count). The summed E-state index contributed by atoms with van der Waals surface area (Å²) in [6, 6.07) is 6.01. The normalized spacial score (nSPS) is 10.3. The fourth-order valence-corrected chi connectivity index (χ4v) is 3.12. The topological polar surface area (TPSA) is 87.2 Å². The third-order valence-electron chi connectivity index (χ3n) is 2.74. The van der Waals surface area contributed by atoms with Gasteiger partial charge in [-0.15, -0.1) is 10.2 Å². The Labute approximate surface area is 146 Å². The van der Waals surface area contributed by atoms with Crippen molar-refractivity contribution in [2.24, 2.45) is 0 Å². The number of hydrogen-bond donors (Lipinski definition) is 2. The van der Waals surface area contributed by atoms with Gasteiger partial charge in [0, 0.05) is 19.8 Å². The van der Waals surface area contributed by atoms with Crippen molar-refractivity contribution in [1.82, 2.24) is 20.4 Å². The number of amides is 2. The fraction of sp³-hybridized carbons (Fsp3) is 0.286. The quantitative estimate of drug-likeness (QED) is 0.723. The summed E-state index contributed by atoms with van der Waals surface area (Å²) in [7, 11) is 3.25.